The molecule has 1 aromatic heterocycles. The Hall–Kier alpha value is -3.23. The summed E-state index contributed by atoms with van der Waals surface area (Å²) in [6, 6.07) is 16.4. The highest BCUT2D eigenvalue weighted by molar-refractivity contribution is 9.10. The summed E-state index contributed by atoms with van der Waals surface area (Å²) in [5.41, 5.74) is 2.80. The zero-order valence-corrected chi connectivity index (χ0v) is 21.0. The maximum absolute atomic E-state index is 13.2. The molecule has 8 heteroatoms. The summed E-state index contributed by atoms with van der Waals surface area (Å²) in [5, 5.41) is 15.8. The Balaban J connectivity index is 1.80. The molecular formula is C26H27BrN4O3. The quantitative estimate of drug-likeness (QED) is 0.284. The molecule has 0 unspecified atom stereocenters. The number of carbonyl (C=O) groups excluding carboxylic acids is 2. The van der Waals surface area contributed by atoms with Crippen LogP contribution in [0.2, 0.25) is 0 Å². The first-order valence-electron chi connectivity index (χ1n) is 11.1. The molecule has 4 rings (SSSR count). The predicted molar refractivity (Wildman–Crippen MR) is 135 cm³/mol. The maximum atomic E-state index is 13.2. The number of benzene rings is 2. The fourth-order valence-corrected chi connectivity index (χ4v) is 4.54. The molecular weight excluding hydrogens is 496 g/mol. The van der Waals surface area contributed by atoms with Gasteiger partial charge in [0.15, 0.2) is 0 Å². The first-order valence-corrected chi connectivity index (χ1v) is 11.9. The minimum atomic E-state index is -0.679. The molecule has 1 amide bonds. The summed E-state index contributed by atoms with van der Waals surface area (Å²) < 4.78 is 2.59. The third-order valence-electron chi connectivity index (χ3n) is 6.00. The number of hydrogen-bond acceptors (Lipinski definition) is 5. The molecule has 0 bridgehead atoms. The van der Waals surface area contributed by atoms with Crippen molar-refractivity contribution in [3.8, 4) is 5.69 Å². The number of para-hydroxylation sites is 1. The van der Waals surface area contributed by atoms with E-state index >= 15 is 0 Å². The van der Waals surface area contributed by atoms with Crippen molar-refractivity contribution in [2.24, 2.45) is 0 Å². The number of Topliss-reactive ketones (excluding diaryl/α,β-unsaturated/α-hetero) is 1. The molecule has 0 radical (unpaired) electrons. The van der Waals surface area contributed by atoms with E-state index in [0.29, 0.717) is 24.2 Å². The topological polar surface area (TPSA) is 78.7 Å². The van der Waals surface area contributed by atoms with Crippen molar-refractivity contribution in [1.82, 2.24) is 19.6 Å². The van der Waals surface area contributed by atoms with E-state index in [4.69, 9.17) is 0 Å². The van der Waals surface area contributed by atoms with Crippen LogP contribution in [0.15, 0.2) is 70.8 Å². The number of ketones is 1. The normalized spacial score (nSPS) is 17.7. The number of halogens is 1. The number of amides is 1. The van der Waals surface area contributed by atoms with Crippen LogP contribution in [-0.2, 0) is 9.59 Å². The van der Waals surface area contributed by atoms with Gasteiger partial charge < -0.3 is 14.9 Å². The molecule has 0 spiro atoms. The van der Waals surface area contributed by atoms with Gasteiger partial charge in [-0.3, -0.25) is 9.59 Å². The maximum Gasteiger partial charge on any atom is 0.295 e. The third kappa shape index (κ3) is 4.56. The van der Waals surface area contributed by atoms with E-state index in [0.717, 1.165) is 22.3 Å². The van der Waals surface area contributed by atoms with Crippen molar-refractivity contribution in [3.05, 3.63) is 87.7 Å². The Bertz CT molecular complexity index is 1230. The lowest BCUT2D eigenvalue weighted by Crippen LogP contribution is -2.32. The first-order chi connectivity index (χ1) is 16.3. The van der Waals surface area contributed by atoms with Crippen LogP contribution in [0.5, 0.6) is 0 Å². The summed E-state index contributed by atoms with van der Waals surface area (Å²) in [5.74, 6) is -1.48. The van der Waals surface area contributed by atoms with Gasteiger partial charge in [0.2, 0.25) is 0 Å². The molecule has 34 heavy (non-hydrogen) atoms. The standard InChI is InChI=1S/C26H27BrN4O3/c1-17-21(16-28-31(17)20-8-5-4-6-9-20)24(32)22-23(18-10-12-19(27)13-11-18)30(26(34)25(22)33)15-7-14-29(2)3/h4-6,8-13,16,23,32H,7,14-15H2,1-3H3/t23-/m0/s1. The molecule has 1 aliphatic rings. The molecule has 1 fully saturated rings. The Kier molecular flexibility index (Phi) is 7.00. The number of rotatable bonds is 7. The molecule has 1 aliphatic heterocycles. The molecule has 2 aromatic carbocycles. The molecule has 7 nitrogen and oxygen atoms in total. The molecule has 0 aliphatic carbocycles. The highest BCUT2D eigenvalue weighted by Gasteiger charge is 2.46. The van der Waals surface area contributed by atoms with Crippen LogP contribution in [0, 0.1) is 6.92 Å². The van der Waals surface area contributed by atoms with Gasteiger partial charge in [-0.2, -0.15) is 5.10 Å². The van der Waals surface area contributed by atoms with Crippen LogP contribution in [-0.4, -0.2) is 63.6 Å². The average Bonchev–Trinajstić information content (AvgIpc) is 3.32. The predicted octanol–water partition coefficient (Wildman–Crippen LogP) is 4.32. The fraction of sp³-hybridized carbons (Fsp3) is 0.269. The Morgan fingerprint density at radius 1 is 1.09 bits per heavy atom. The van der Waals surface area contributed by atoms with E-state index < -0.39 is 17.7 Å². The summed E-state index contributed by atoms with van der Waals surface area (Å²) in [6.07, 6.45) is 2.24. The van der Waals surface area contributed by atoms with Gasteiger partial charge in [-0.05, 0) is 63.8 Å². The number of carbonyl (C=O) groups is 2. The molecule has 2 heterocycles. The van der Waals surface area contributed by atoms with Gasteiger partial charge in [-0.1, -0.05) is 46.3 Å². The zero-order chi connectivity index (χ0) is 24.4. The van der Waals surface area contributed by atoms with Gasteiger partial charge in [0.05, 0.1) is 34.8 Å². The van der Waals surface area contributed by atoms with Gasteiger partial charge in [0.1, 0.15) is 5.76 Å². The SMILES string of the molecule is Cc1c(C(O)=C2C(=O)C(=O)N(CCCN(C)C)[C@H]2c2ccc(Br)cc2)cnn1-c1ccccc1. The monoisotopic (exact) mass is 522 g/mol. The number of nitrogens with zero attached hydrogens (tertiary/aromatic N) is 4. The van der Waals surface area contributed by atoms with Crippen LogP contribution in [0.4, 0.5) is 0 Å². The highest BCUT2D eigenvalue weighted by Crippen LogP contribution is 2.40. The van der Waals surface area contributed by atoms with Crippen molar-refractivity contribution in [1.29, 1.82) is 0 Å². The van der Waals surface area contributed by atoms with Gasteiger partial charge in [-0.25, -0.2) is 4.68 Å². The second-order valence-corrected chi connectivity index (χ2v) is 9.51. The molecule has 1 saturated heterocycles. The number of aliphatic hydroxyl groups is 1. The summed E-state index contributed by atoms with van der Waals surface area (Å²) in [6.45, 7) is 3.01. The van der Waals surface area contributed by atoms with Crippen LogP contribution >= 0.6 is 15.9 Å². The highest BCUT2D eigenvalue weighted by atomic mass is 79.9. The first kappa shape index (κ1) is 23.9. The Morgan fingerprint density at radius 3 is 2.41 bits per heavy atom. The summed E-state index contributed by atoms with van der Waals surface area (Å²) in [7, 11) is 3.93. The van der Waals surface area contributed by atoms with E-state index in [1.807, 2.05) is 80.5 Å². The smallest absolute Gasteiger partial charge is 0.295 e. The van der Waals surface area contributed by atoms with Gasteiger partial charge >= 0.3 is 0 Å². The lowest BCUT2D eigenvalue weighted by Gasteiger charge is -2.26. The molecule has 1 atom stereocenters. The zero-order valence-electron chi connectivity index (χ0n) is 19.4. The summed E-state index contributed by atoms with van der Waals surface area (Å²) in [4.78, 5) is 29.9. The Morgan fingerprint density at radius 2 is 1.76 bits per heavy atom. The number of aliphatic hydroxyl groups excluding tert-OH is 1. The van der Waals surface area contributed by atoms with E-state index in [1.54, 1.807) is 9.58 Å². The van der Waals surface area contributed by atoms with Crippen LogP contribution in [0.25, 0.3) is 11.4 Å². The lowest BCUT2D eigenvalue weighted by molar-refractivity contribution is -0.139. The molecule has 3 aromatic rings. The minimum Gasteiger partial charge on any atom is -0.507 e. The number of aromatic nitrogens is 2. The largest absolute Gasteiger partial charge is 0.507 e. The fourth-order valence-electron chi connectivity index (χ4n) is 4.28. The van der Waals surface area contributed by atoms with Crippen molar-refractivity contribution in [3.63, 3.8) is 0 Å². The van der Waals surface area contributed by atoms with E-state index in [2.05, 4.69) is 21.0 Å². The lowest BCUT2D eigenvalue weighted by atomic mass is 9.95. The van der Waals surface area contributed by atoms with Crippen molar-refractivity contribution >= 4 is 33.4 Å². The van der Waals surface area contributed by atoms with E-state index in [-0.39, 0.29) is 11.3 Å². The molecule has 0 saturated carbocycles. The van der Waals surface area contributed by atoms with Crippen molar-refractivity contribution < 1.29 is 14.7 Å². The average molecular weight is 523 g/mol. The summed E-state index contributed by atoms with van der Waals surface area (Å²) >= 11 is 3.44. The number of likely N-dealkylation sites (tertiary alicyclic amines) is 1. The second-order valence-electron chi connectivity index (χ2n) is 8.59. The van der Waals surface area contributed by atoms with Crippen molar-refractivity contribution in [2.45, 2.75) is 19.4 Å². The minimum absolute atomic E-state index is 0.0906. The van der Waals surface area contributed by atoms with E-state index in [1.165, 1.54) is 6.20 Å². The second kappa shape index (κ2) is 9.95. The Labute approximate surface area is 207 Å². The van der Waals surface area contributed by atoms with Crippen LogP contribution in [0.3, 0.4) is 0 Å². The van der Waals surface area contributed by atoms with E-state index in [9.17, 15) is 14.7 Å². The molecule has 1 N–H and O–H groups in total. The van der Waals surface area contributed by atoms with Crippen LogP contribution in [0.1, 0.15) is 29.3 Å². The van der Waals surface area contributed by atoms with Crippen molar-refractivity contribution in [2.75, 3.05) is 27.2 Å². The number of hydrogen-bond donors (Lipinski definition) is 1. The van der Waals surface area contributed by atoms with Crippen LogP contribution < -0.4 is 0 Å². The molecule has 176 valence electrons. The van der Waals surface area contributed by atoms with Gasteiger partial charge in [-0.15, -0.1) is 0 Å². The third-order valence-corrected chi connectivity index (χ3v) is 6.52. The van der Waals surface area contributed by atoms with Gasteiger partial charge in [0.25, 0.3) is 11.7 Å². The van der Waals surface area contributed by atoms with Gasteiger partial charge in [0, 0.05) is 11.0 Å².